The maximum Gasteiger partial charge on any atom is 0.131 e. The predicted molar refractivity (Wildman–Crippen MR) is 67.9 cm³/mol. The summed E-state index contributed by atoms with van der Waals surface area (Å²) in [6.45, 7) is 3.08. The Morgan fingerprint density at radius 2 is 2.38 bits per heavy atom. The normalized spacial score (nSPS) is 12.9. The molecule has 2 aromatic rings. The Bertz CT molecular complexity index is 463. The third-order valence-corrected chi connectivity index (χ3v) is 3.71. The van der Waals surface area contributed by atoms with Crippen molar-refractivity contribution in [1.82, 2.24) is 9.55 Å². The first-order chi connectivity index (χ1) is 7.72. The van der Waals surface area contributed by atoms with Gasteiger partial charge < -0.3 is 10.3 Å². The smallest absolute Gasteiger partial charge is 0.131 e. The Morgan fingerprint density at radius 3 is 3.00 bits per heavy atom. The average Bonchev–Trinajstić information content (AvgIpc) is 2.87. The molecule has 0 aliphatic carbocycles. The third-order valence-electron chi connectivity index (χ3n) is 2.39. The first-order valence-electron chi connectivity index (χ1n) is 5.24. The van der Waals surface area contributed by atoms with Crippen molar-refractivity contribution in [2.24, 2.45) is 5.73 Å². The zero-order valence-electron chi connectivity index (χ0n) is 9.06. The van der Waals surface area contributed by atoms with Gasteiger partial charge in [-0.15, -0.1) is 11.3 Å². The molecule has 2 heterocycles. The monoisotopic (exact) mass is 255 g/mol. The zero-order chi connectivity index (χ0) is 11.5. The van der Waals surface area contributed by atoms with Crippen molar-refractivity contribution in [3.63, 3.8) is 0 Å². The lowest BCUT2D eigenvalue weighted by atomic mass is 10.2. The van der Waals surface area contributed by atoms with E-state index >= 15 is 0 Å². The number of halogens is 1. The maximum atomic E-state index is 6.17. The standard InChI is InChI=1S/C11H14ClN3S/c1-2-6-15-7-5-14-11(15)10(13)8-3-4-9(12)16-8/h3-5,7,10H,2,6,13H2,1H3. The highest BCUT2D eigenvalue weighted by Crippen LogP contribution is 2.28. The Labute approximate surface area is 104 Å². The molecule has 86 valence electrons. The number of aryl methyl sites for hydroxylation is 1. The number of thiophene rings is 1. The highest BCUT2D eigenvalue weighted by atomic mass is 35.5. The van der Waals surface area contributed by atoms with Crippen LogP contribution in [0.15, 0.2) is 24.5 Å². The Morgan fingerprint density at radius 1 is 1.56 bits per heavy atom. The van der Waals surface area contributed by atoms with E-state index in [2.05, 4.69) is 16.5 Å². The third kappa shape index (κ3) is 2.29. The van der Waals surface area contributed by atoms with Crippen molar-refractivity contribution in [2.75, 3.05) is 0 Å². The molecule has 0 saturated carbocycles. The van der Waals surface area contributed by atoms with Crippen LogP contribution >= 0.6 is 22.9 Å². The fraction of sp³-hybridized carbons (Fsp3) is 0.364. The summed E-state index contributed by atoms with van der Waals surface area (Å²) >= 11 is 7.41. The number of hydrogen-bond donors (Lipinski definition) is 1. The van der Waals surface area contributed by atoms with Gasteiger partial charge in [-0.25, -0.2) is 4.98 Å². The SMILES string of the molecule is CCCn1ccnc1C(N)c1ccc(Cl)s1. The molecular weight excluding hydrogens is 242 g/mol. The van der Waals surface area contributed by atoms with Crippen LogP contribution in [0.4, 0.5) is 0 Å². The van der Waals surface area contributed by atoms with Crippen molar-refractivity contribution >= 4 is 22.9 Å². The van der Waals surface area contributed by atoms with Gasteiger partial charge in [0, 0.05) is 23.8 Å². The molecule has 0 amide bonds. The minimum Gasteiger partial charge on any atom is -0.333 e. The molecular formula is C11H14ClN3S. The molecule has 16 heavy (non-hydrogen) atoms. The van der Waals surface area contributed by atoms with E-state index in [9.17, 15) is 0 Å². The van der Waals surface area contributed by atoms with Crippen molar-refractivity contribution in [3.05, 3.63) is 39.6 Å². The van der Waals surface area contributed by atoms with Gasteiger partial charge in [0.15, 0.2) is 0 Å². The molecule has 2 rings (SSSR count). The highest BCUT2D eigenvalue weighted by molar-refractivity contribution is 7.16. The first kappa shape index (κ1) is 11.6. The van der Waals surface area contributed by atoms with Crippen LogP contribution in [0.25, 0.3) is 0 Å². The van der Waals surface area contributed by atoms with Gasteiger partial charge in [0.2, 0.25) is 0 Å². The number of hydrogen-bond acceptors (Lipinski definition) is 3. The number of nitrogens with zero attached hydrogens (tertiary/aromatic N) is 2. The Hall–Kier alpha value is -0.840. The van der Waals surface area contributed by atoms with E-state index in [1.165, 1.54) is 11.3 Å². The summed E-state index contributed by atoms with van der Waals surface area (Å²) in [6.07, 6.45) is 4.83. The lowest BCUT2D eigenvalue weighted by molar-refractivity contribution is 0.616. The van der Waals surface area contributed by atoms with Crippen molar-refractivity contribution in [3.8, 4) is 0 Å². The summed E-state index contributed by atoms with van der Waals surface area (Å²) in [4.78, 5) is 5.37. The molecule has 3 nitrogen and oxygen atoms in total. The van der Waals surface area contributed by atoms with Gasteiger partial charge >= 0.3 is 0 Å². The summed E-state index contributed by atoms with van der Waals surface area (Å²) in [5, 5.41) is 0. The van der Waals surface area contributed by atoms with Crippen LogP contribution in [-0.4, -0.2) is 9.55 Å². The van der Waals surface area contributed by atoms with E-state index in [1.54, 1.807) is 6.20 Å². The molecule has 1 unspecified atom stereocenters. The highest BCUT2D eigenvalue weighted by Gasteiger charge is 2.16. The van der Waals surface area contributed by atoms with Gasteiger partial charge in [-0.2, -0.15) is 0 Å². The zero-order valence-corrected chi connectivity index (χ0v) is 10.6. The number of imidazole rings is 1. The molecule has 0 radical (unpaired) electrons. The second-order valence-electron chi connectivity index (χ2n) is 3.60. The second-order valence-corrected chi connectivity index (χ2v) is 5.35. The van der Waals surface area contributed by atoms with E-state index in [0.29, 0.717) is 0 Å². The molecule has 0 aromatic carbocycles. The quantitative estimate of drug-likeness (QED) is 0.913. The lowest BCUT2D eigenvalue weighted by Gasteiger charge is -2.11. The molecule has 2 N–H and O–H groups in total. The first-order valence-corrected chi connectivity index (χ1v) is 6.43. The van der Waals surface area contributed by atoms with Gasteiger partial charge in [0.1, 0.15) is 5.82 Å². The summed E-state index contributed by atoms with van der Waals surface area (Å²) in [6, 6.07) is 3.65. The largest absolute Gasteiger partial charge is 0.333 e. The lowest BCUT2D eigenvalue weighted by Crippen LogP contribution is -2.16. The molecule has 0 bridgehead atoms. The van der Waals surface area contributed by atoms with E-state index < -0.39 is 0 Å². The molecule has 5 heteroatoms. The average molecular weight is 256 g/mol. The van der Waals surface area contributed by atoms with Crippen LogP contribution in [0, 0.1) is 0 Å². The van der Waals surface area contributed by atoms with Crippen LogP contribution in [0.1, 0.15) is 30.1 Å². The Balaban J connectivity index is 2.26. The van der Waals surface area contributed by atoms with Crippen LogP contribution in [-0.2, 0) is 6.54 Å². The summed E-state index contributed by atoms with van der Waals surface area (Å²) in [5.74, 6) is 0.903. The topological polar surface area (TPSA) is 43.8 Å². The van der Waals surface area contributed by atoms with E-state index in [-0.39, 0.29) is 6.04 Å². The molecule has 0 fully saturated rings. The molecule has 0 aliphatic heterocycles. The number of nitrogens with two attached hydrogens (primary N) is 1. The van der Waals surface area contributed by atoms with Crippen molar-refractivity contribution in [1.29, 1.82) is 0 Å². The van der Waals surface area contributed by atoms with Gasteiger partial charge in [-0.3, -0.25) is 0 Å². The number of aromatic nitrogens is 2. The molecule has 0 aliphatic rings. The van der Waals surface area contributed by atoms with Crippen molar-refractivity contribution < 1.29 is 0 Å². The van der Waals surface area contributed by atoms with E-state index in [4.69, 9.17) is 17.3 Å². The minimum absolute atomic E-state index is 0.181. The van der Waals surface area contributed by atoms with Crippen LogP contribution in [0.5, 0.6) is 0 Å². The summed E-state index contributed by atoms with van der Waals surface area (Å²) in [7, 11) is 0. The van der Waals surface area contributed by atoms with Gasteiger partial charge in [0.25, 0.3) is 0 Å². The maximum absolute atomic E-state index is 6.17. The second kappa shape index (κ2) is 4.99. The number of rotatable bonds is 4. The van der Waals surface area contributed by atoms with Crippen LogP contribution < -0.4 is 5.73 Å². The molecule has 1 atom stereocenters. The van der Waals surface area contributed by atoms with Crippen molar-refractivity contribution in [2.45, 2.75) is 25.9 Å². The fourth-order valence-electron chi connectivity index (χ4n) is 1.65. The van der Waals surface area contributed by atoms with Gasteiger partial charge in [-0.1, -0.05) is 18.5 Å². The fourth-order valence-corrected chi connectivity index (χ4v) is 2.71. The molecule has 0 saturated heterocycles. The van der Waals surface area contributed by atoms with Crippen LogP contribution in [0.2, 0.25) is 4.34 Å². The van der Waals surface area contributed by atoms with Gasteiger partial charge in [-0.05, 0) is 18.6 Å². The molecule has 2 aromatic heterocycles. The summed E-state index contributed by atoms with van der Waals surface area (Å²) < 4.78 is 2.86. The van der Waals surface area contributed by atoms with E-state index in [1.807, 2.05) is 18.3 Å². The van der Waals surface area contributed by atoms with E-state index in [0.717, 1.165) is 28.0 Å². The Kier molecular flexibility index (Phi) is 3.63. The predicted octanol–water partition coefficient (Wildman–Crippen LogP) is 3.06. The van der Waals surface area contributed by atoms with Crippen LogP contribution in [0.3, 0.4) is 0 Å². The van der Waals surface area contributed by atoms with Gasteiger partial charge in [0.05, 0.1) is 10.4 Å². The molecule has 0 spiro atoms. The minimum atomic E-state index is -0.181. The summed E-state index contributed by atoms with van der Waals surface area (Å²) in [5.41, 5.74) is 6.17.